The van der Waals surface area contributed by atoms with Gasteiger partial charge in [-0.1, -0.05) is 42.0 Å². The fourth-order valence-electron chi connectivity index (χ4n) is 2.38. The van der Waals surface area contributed by atoms with E-state index in [1.807, 2.05) is 31.2 Å². The van der Waals surface area contributed by atoms with E-state index in [0.717, 1.165) is 17.2 Å². The molecule has 1 aromatic heterocycles. The normalized spacial score (nSPS) is 11.3. The molecule has 140 valence electrons. The number of carbonyl (C=O) groups is 1. The zero-order valence-corrected chi connectivity index (χ0v) is 14.3. The van der Waals surface area contributed by atoms with Crippen molar-refractivity contribution in [3.8, 4) is 11.4 Å². The summed E-state index contributed by atoms with van der Waals surface area (Å²) in [4.78, 5) is 16.2. The molecule has 0 aliphatic heterocycles. The Balaban J connectivity index is 1.61. The maximum absolute atomic E-state index is 12.9. The van der Waals surface area contributed by atoms with Crippen LogP contribution in [0.25, 0.3) is 11.4 Å². The van der Waals surface area contributed by atoms with Crippen LogP contribution in [0, 0.1) is 6.92 Å². The van der Waals surface area contributed by atoms with Crippen molar-refractivity contribution in [2.24, 2.45) is 0 Å². The molecular formula is C18H16F3N5O. The number of amides is 2. The molecule has 2 amide bonds. The maximum Gasteiger partial charge on any atom is 0.418 e. The molecule has 27 heavy (non-hydrogen) atoms. The van der Waals surface area contributed by atoms with Crippen LogP contribution in [0.3, 0.4) is 0 Å². The van der Waals surface area contributed by atoms with E-state index in [0.29, 0.717) is 11.6 Å². The van der Waals surface area contributed by atoms with Gasteiger partial charge >= 0.3 is 12.2 Å². The number of para-hydroxylation sites is 1. The van der Waals surface area contributed by atoms with Crippen LogP contribution < -0.4 is 10.6 Å². The van der Waals surface area contributed by atoms with E-state index in [9.17, 15) is 18.0 Å². The molecule has 2 aromatic carbocycles. The number of hydrogen-bond donors (Lipinski definition) is 3. The molecule has 6 nitrogen and oxygen atoms in total. The van der Waals surface area contributed by atoms with Crippen LogP contribution in [0.1, 0.15) is 17.0 Å². The molecule has 0 bridgehead atoms. The van der Waals surface area contributed by atoms with Crippen molar-refractivity contribution in [2.45, 2.75) is 19.6 Å². The highest BCUT2D eigenvalue weighted by Crippen LogP contribution is 2.34. The third-order valence-electron chi connectivity index (χ3n) is 3.74. The first-order valence-corrected chi connectivity index (χ1v) is 8.02. The van der Waals surface area contributed by atoms with E-state index in [4.69, 9.17) is 0 Å². The number of carbonyl (C=O) groups excluding carboxylic acids is 1. The molecule has 0 unspecified atom stereocenters. The Bertz CT molecular complexity index is 935. The molecule has 0 atom stereocenters. The summed E-state index contributed by atoms with van der Waals surface area (Å²) in [5.41, 5.74) is 0.681. The SMILES string of the molecule is Cc1ccc(-c2n[nH]c(CNC(=O)Nc3ccccc3C(F)(F)F)n2)cc1. The average molecular weight is 375 g/mol. The van der Waals surface area contributed by atoms with Gasteiger partial charge in [0, 0.05) is 5.56 Å². The molecule has 0 saturated heterocycles. The van der Waals surface area contributed by atoms with Gasteiger partial charge in [-0.25, -0.2) is 9.78 Å². The van der Waals surface area contributed by atoms with Crippen LogP contribution >= 0.6 is 0 Å². The minimum absolute atomic E-state index is 0.0150. The summed E-state index contributed by atoms with van der Waals surface area (Å²) in [5, 5.41) is 11.4. The lowest BCUT2D eigenvalue weighted by molar-refractivity contribution is -0.136. The second-order valence-electron chi connectivity index (χ2n) is 5.82. The number of halogens is 3. The molecule has 3 aromatic rings. The zero-order valence-electron chi connectivity index (χ0n) is 14.3. The number of aromatic nitrogens is 3. The summed E-state index contributed by atoms with van der Waals surface area (Å²) >= 11 is 0. The van der Waals surface area contributed by atoms with Gasteiger partial charge in [-0.15, -0.1) is 0 Å². The Hall–Kier alpha value is -3.36. The number of anilines is 1. The highest BCUT2D eigenvalue weighted by Gasteiger charge is 2.33. The maximum atomic E-state index is 12.9. The van der Waals surface area contributed by atoms with Crippen LogP contribution in [0.2, 0.25) is 0 Å². The summed E-state index contributed by atoms with van der Waals surface area (Å²) in [6, 6.07) is 11.6. The van der Waals surface area contributed by atoms with Gasteiger partial charge < -0.3 is 10.6 Å². The Labute approximate surface area is 152 Å². The number of H-pyrrole nitrogens is 1. The van der Waals surface area contributed by atoms with E-state index in [2.05, 4.69) is 25.8 Å². The fourth-order valence-corrected chi connectivity index (χ4v) is 2.38. The number of nitrogens with zero attached hydrogens (tertiary/aromatic N) is 2. The highest BCUT2D eigenvalue weighted by atomic mass is 19.4. The van der Waals surface area contributed by atoms with Gasteiger partial charge in [0.2, 0.25) is 0 Å². The van der Waals surface area contributed by atoms with E-state index in [1.54, 1.807) is 0 Å². The minimum atomic E-state index is -4.56. The molecular weight excluding hydrogens is 359 g/mol. The molecule has 0 aliphatic carbocycles. The quantitative estimate of drug-likeness (QED) is 0.641. The molecule has 9 heteroatoms. The molecule has 0 aliphatic rings. The zero-order chi connectivity index (χ0) is 19.4. The van der Waals surface area contributed by atoms with Gasteiger partial charge in [0.25, 0.3) is 0 Å². The largest absolute Gasteiger partial charge is 0.418 e. The van der Waals surface area contributed by atoms with Crippen LogP contribution in [0.5, 0.6) is 0 Å². The van der Waals surface area contributed by atoms with E-state index < -0.39 is 17.8 Å². The second kappa shape index (κ2) is 7.48. The average Bonchev–Trinajstić information content (AvgIpc) is 3.09. The van der Waals surface area contributed by atoms with Crippen molar-refractivity contribution in [1.29, 1.82) is 0 Å². The van der Waals surface area contributed by atoms with Gasteiger partial charge in [0.15, 0.2) is 5.82 Å². The first kappa shape index (κ1) is 18.4. The number of rotatable bonds is 4. The van der Waals surface area contributed by atoms with Crippen molar-refractivity contribution >= 4 is 11.7 Å². The van der Waals surface area contributed by atoms with Crippen LogP contribution in [-0.4, -0.2) is 21.2 Å². The monoisotopic (exact) mass is 375 g/mol. The minimum Gasteiger partial charge on any atom is -0.331 e. The smallest absolute Gasteiger partial charge is 0.331 e. The van der Waals surface area contributed by atoms with Gasteiger partial charge in [0.05, 0.1) is 17.8 Å². The lowest BCUT2D eigenvalue weighted by atomic mass is 10.1. The van der Waals surface area contributed by atoms with Gasteiger partial charge in [-0.2, -0.15) is 18.3 Å². The summed E-state index contributed by atoms with van der Waals surface area (Å²) < 4.78 is 38.8. The van der Waals surface area contributed by atoms with Crippen LogP contribution in [0.4, 0.5) is 23.7 Å². The van der Waals surface area contributed by atoms with Gasteiger partial charge in [0.1, 0.15) is 5.82 Å². The number of aromatic amines is 1. The third-order valence-corrected chi connectivity index (χ3v) is 3.74. The predicted molar refractivity (Wildman–Crippen MR) is 93.9 cm³/mol. The van der Waals surface area contributed by atoms with Crippen molar-refractivity contribution in [1.82, 2.24) is 20.5 Å². The van der Waals surface area contributed by atoms with Crippen molar-refractivity contribution < 1.29 is 18.0 Å². The predicted octanol–water partition coefficient (Wildman–Crippen LogP) is 4.12. The molecule has 0 fully saturated rings. The Kier molecular flexibility index (Phi) is 5.11. The third kappa shape index (κ3) is 4.63. The number of nitrogens with one attached hydrogen (secondary N) is 3. The summed E-state index contributed by atoms with van der Waals surface area (Å²) in [6.07, 6.45) is -4.56. The molecule has 0 spiro atoms. The fraction of sp³-hybridized carbons (Fsp3) is 0.167. The number of urea groups is 1. The van der Waals surface area contributed by atoms with Gasteiger partial charge in [-0.3, -0.25) is 5.10 Å². The number of benzene rings is 2. The lowest BCUT2D eigenvalue weighted by Gasteiger charge is -2.13. The first-order chi connectivity index (χ1) is 12.8. The van der Waals surface area contributed by atoms with Gasteiger partial charge in [-0.05, 0) is 19.1 Å². The number of alkyl halides is 3. The first-order valence-electron chi connectivity index (χ1n) is 8.02. The van der Waals surface area contributed by atoms with Crippen molar-refractivity contribution in [3.05, 3.63) is 65.5 Å². The van der Waals surface area contributed by atoms with Crippen LogP contribution in [-0.2, 0) is 12.7 Å². The standard InChI is InChI=1S/C18H16F3N5O/c1-11-6-8-12(9-7-11)16-24-15(25-26-16)10-22-17(27)23-14-5-3-2-4-13(14)18(19,20)21/h2-9H,10H2,1H3,(H2,22,23,27)(H,24,25,26). The second-order valence-corrected chi connectivity index (χ2v) is 5.82. The highest BCUT2D eigenvalue weighted by molar-refractivity contribution is 5.90. The Morgan fingerprint density at radius 2 is 1.81 bits per heavy atom. The lowest BCUT2D eigenvalue weighted by Crippen LogP contribution is -2.29. The number of hydrogen-bond acceptors (Lipinski definition) is 3. The summed E-state index contributed by atoms with van der Waals surface area (Å²) in [7, 11) is 0. The van der Waals surface area contributed by atoms with Crippen LogP contribution in [0.15, 0.2) is 48.5 Å². The number of aryl methyl sites for hydroxylation is 1. The molecule has 1 heterocycles. The van der Waals surface area contributed by atoms with E-state index in [-0.39, 0.29) is 12.2 Å². The summed E-state index contributed by atoms with van der Waals surface area (Å²) in [6.45, 7) is 1.95. The van der Waals surface area contributed by atoms with Crippen molar-refractivity contribution in [2.75, 3.05) is 5.32 Å². The molecule has 0 saturated carbocycles. The Morgan fingerprint density at radius 3 is 2.52 bits per heavy atom. The molecule has 3 rings (SSSR count). The van der Waals surface area contributed by atoms with E-state index in [1.165, 1.54) is 18.2 Å². The topological polar surface area (TPSA) is 82.7 Å². The van der Waals surface area contributed by atoms with E-state index >= 15 is 0 Å². The molecule has 3 N–H and O–H groups in total. The summed E-state index contributed by atoms with van der Waals surface area (Å²) in [5.74, 6) is 0.847. The van der Waals surface area contributed by atoms with Crippen molar-refractivity contribution in [3.63, 3.8) is 0 Å². The Morgan fingerprint density at radius 1 is 1.11 bits per heavy atom. The molecule has 0 radical (unpaired) electrons.